The molecule has 0 unspecified atom stereocenters. The number of nitriles is 1. The zero-order valence-electron chi connectivity index (χ0n) is 14.4. The van der Waals surface area contributed by atoms with E-state index in [4.69, 9.17) is 5.73 Å². The van der Waals surface area contributed by atoms with Gasteiger partial charge in [-0.05, 0) is 43.2 Å². The van der Waals surface area contributed by atoms with E-state index in [2.05, 4.69) is 11.1 Å². The third kappa shape index (κ3) is 3.10. The first-order valence-electron chi connectivity index (χ1n) is 7.94. The third-order valence-electron chi connectivity index (χ3n) is 4.22. The molecular formula is C20H16N4O2. The van der Waals surface area contributed by atoms with Crippen molar-refractivity contribution >= 4 is 11.5 Å². The van der Waals surface area contributed by atoms with E-state index in [0.29, 0.717) is 22.4 Å². The molecule has 3 aromatic rings. The molecule has 0 bridgehead atoms. The fraction of sp³-hybridized carbons (Fsp3) is 0.100. The Labute approximate surface area is 150 Å². The van der Waals surface area contributed by atoms with Gasteiger partial charge in [-0.1, -0.05) is 23.8 Å². The van der Waals surface area contributed by atoms with Crippen molar-refractivity contribution in [2.75, 3.05) is 5.73 Å². The van der Waals surface area contributed by atoms with Crippen molar-refractivity contribution in [1.82, 2.24) is 4.98 Å². The maximum atomic E-state index is 10.8. The van der Waals surface area contributed by atoms with Gasteiger partial charge in [-0.25, -0.2) is 4.98 Å². The number of nitro benzene ring substituents is 1. The molecule has 0 aliphatic heterocycles. The number of pyridine rings is 1. The van der Waals surface area contributed by atoms with Crippen molar-refractivity contribution in [2.45, 2.75) is 13.8 Å². The normalized spacial score (nSPS) is 10.3. The number of hydrogen-bond donors (Lipinski definition) is 1. The van der Waals surface area contributed by atoms with Gasteiger partial charge in [-0.3, -0.25) is 10.1 Å². The predicted molar refractivity (Wildman–Crippen MR) is 100 cm³/mol. The van der Waals surface area contributed by atoms with Crippen LogP contribution < -0.4 is 5.73 Å². The van der Waals surface area contributed by atoms with Gasteiger partial charge in [0, 0.05) is 23.3 Å². The molecule has 0 aliphatic rings. The minimum absolute atomic E-state index is 0.00474. The van der Waals surface area contributed by atoms with E-state index < -0.39 is 4.92 Å². The highest BCUT2D eigenvalue weighted by Gasteiger charge is 2.15. The largest absolute Gasteiger partial charge is 0.383 e. The summed E-state index contributed by atoms with van der Waals surface area (Å²) in [7, 11) is 0. The number of nitrogen functional groups attached to an aromatic ring is 1. The van der Waals surface area contributed by atoms with Crippen molar-refractivity contribution < 1.29 is 4.92 Å². The van der Waals surface area contributed by atoms with Gasteiger partial charge in [0.15, 0.2) is 0 Å². The molecule has 0 saturated carbocycles. The monoisotopic (exact) mass is 344 g/mol. The van der Waals surface area contributed by atoms with E-state index >= 15 is 0 Å². The molecule has 0 aliphatic carbocycles. The molecule has 0 atom stereocenters. The van der Waals surface area contributed by atoms with Gasteiger partial charge < -0.3 is 5.73 Å². The van der Waals surface area contributed by atoms with Crippen LogP contribution in [0.25, 0.3) is 22.4 Å². The van der Waals surface area contributed by atoms with Crippen LogP contribution in [0.3, 0.4) is 0 Å². The molecule has 0 saturated heterocycles. The molecule has 1 heterocycles. The number of anilines is 1. The Hall–Kier alpha value is -3.72. The van der Waals surface area contributed by atoms with Crippen LogP contribution in [-0.4, -0.2) is 9.91 Å². The zero-order chi connectivity index (χ0) is 18.8. The van der Waals surface area contributed by atoms with Gasteiger partial charge >= 0.3 is 0 Å². The van der Waals surface area contributed by atoms with Crippen molar-refractivity contribution in [3.8, 4) is 28.5 Å². The molecule has 2 N–H and O–H groups in total. The Bertz CT molecular complexity index is 1050. The van der Waals surface area contributed by atoms with Crippen LogP contribution in [0.1, 0.15) is 16.7 Å². The number of nitro groups is 1. The summed E-state index contributed by atoms with van der Waals surface area (Å²) >= 11 is 0. The number of nitrogens with zero attached hydrogens (tertiary/aromatic N) is 3. The topological polar surface area (TPSA) is 106 Å². The Kier molecular flexibility index (Phi) is 4.38. The van der Waals surface area contributed by atoms with Gasteiger partial charge in [-0.2, -0.15) is 5.26 Å². The quantitative estimate of drug-likeness (QED) is 0.560. The summed E-state index contributed by atoms with van der Waals surface area (Å²) < 4.78 is 0. The highest BCUT2D eigenvalue weighted by atomic mass is 16.6. The maximum absolute atomic E-state index is 10.8. The lowest BCUT2D eigenvalue weighted by Crippen LogP contribution is -2.00. The summed E-state index contributed by atoms with van der Waals surface area (Å²) in [5, 5.41) is 20.4. The number of rotatable bonds is 3. The summed E-state index contributed by atoms with van der Waals surface area (Å²) in [6.07, 6.45) is 0. The van der Waals surface area contributed by atoms with Gasteiger partial charge in [-0.15, -0.1) is 0 Å². The van der Waals surface area contributed by atoms with Crippen LogP contribution in [0.15, 0.2) is 48.5 Å². The summed E-state index contributed by atoms with van der Waals surface area (Å²) in [6, 6.07) is 16.0. The molecule has 0 spiro atoms. The number of non-ortho nitro benzene ring substituents is 1. The predicted octanol–water partition coefficient (Wildman–Crippen LogP) is 4.39. The van der Waals surface area contributed by atoms with E-state index in [1.54, 1.807) is 18.2 Å². The smallest absolute Gasteiger partial charge is 0.269 e. The number of benzene rings is 2. The summed E-state index contributed by atoms with van der Waals surface area (Å²) in [5.41, 5.74) is 11.3. The molecule has 6 heteroatoms. The highest BCUT2D eigenvalue weighted by molar-refractivity contribution is 5.82. The molecule has 26 heavy (non-hydrogen) atoms. The fourth-order valence-electron chi connectivity index (χ4n) is 2.82. The van der Waals surface area contributed by atoms with Gasteiger partial charge in [0.25, 0.3) is 5.69 Å². The first-order chi connectivity index (χ1) is 12.4. The van der Waals surface area contributed by atoms with Crippen molar-refractivity contribution in [3.05, 3.63) is 75.3 Å². The number of nitrogens with two attached hydrogens (primary N) is 1. The third-order valence-corrected chi connectivity index (χ3v) is 4.22. The highest BCUT2D eigenvalue weighted by Crippen LogP contribution is 2.33. The molecule has 6 nitrogen and oxygen atoms in total. The average Bonchev–Trinajstić information content (AvgIpc) is 2.63. The minimum Gasteiger partial charge on any atom is -0.383 e. The Morgan fingerprint density at radius 2 is 1.77 bits per heavy atom. The van der Waals surface area contributed by atoms with Crippen molar-refractivity contribution in [3.63, 3.8) is 0 Å². The lowest BCUT2D eigenvalue weighted by Gasteiger charge is -2.13. The summed E-state index contributed by atoms with van der Waals surface area (Å²) in [4.78, 5) is 14.7. The lowest BCUT2D eigenvalue weighted by atomic mass is 9.94. The molecule has 1 aromatic heterocycles. The molecule has 0 amide bonds. The van der Waals surface area contributed by atoms with Crippen LogP contribution in [0.4, 0.5) is 11.5 Å². The standard InChI is InChI=1S/C20H16N4O2/c1-12-3-4-13(2)16(9-12)17-10-19(23-20(22)18(17)11-21)14-5-7-15(8-6-14)24(25)26/h3-10H,1-2H3,(H2,22,23). The van der Waals surface area contributed by atoms with E-state index in [0.717, 1.165) is 16.7 Å². The Balaban J connectivity index is 2.21. The minimum atomic E-state index is -0.452. The Morgan fingerprint density at radius 3 is 2.38 bits per heavy atom. The van der Waals surface area contributed by atoms with E-state index in [9.17, 15) is 15.4 Å². The van der Waals surface area contributed by atoms with Crippen LogP contribution in [0.2, 0.25) is 0 Å². The maximum Gasteiger partial charge on any atom is 0.269 e. The van der Waals surface area contributed by atoms with Gasteiger partial charge in [0.1, 0.15) is 17.5 Å². The SMILES string of the molecule is Cc1ccc(C)c(-c2cc(-c3ccc([N+](=O)[O-])cc3)nc(N)c2C#N)c1. The molecule has 3 rings (SSSR count). The van der Waals surface area contributed by atoms with Crippen LogP contribution >= 0.6 is 0 Å². The second-order valence-corrected chi connectivity index (χ2v) is 6.05. The summed E-state index contributed by atoms with van der Waals surface area (Å²) in [5.74, 6) is 0.138. The second-order valence-electron chi connectivity index (χ2n) is 6.05. The number of aryl methyl sites for hydroxylation is 2. The molecule has 0 radical (unpaired) electrons. The van der Waals surface area contributed by atoms with Crippen molar-refractivity contribution in [1.29, 1.82) is 5.26 Å². The fourth-order valence-corrected chi connectivity index (χ4v) is 2.82. The zero-order valence-corrected chi connectivity index (χ0v) is 14.4. The number of aromatic nitrogens is 1. The van der Waals surface area contributed by atoms with Crippen molar-refractivity contribution in [2.24, 2.45) is 0 Å². The second kappa shape index (κ2) is 6.65. The molecule has 0 fully saturated rings. The summed E-state index contributed by atoms with van der Waals surface area (Å²) in [6.45, 7) is 3.95. The Morgan fingerprint density at radius 1 is 1.08 bits per heavy atom. The van der Waals surface area contributed by atoms with E-state index in [-0.39, 0.29) is 11.5 Å². The molecule has 2 aromatic carbocycles. The lowest BCUT2D eigenvalue weighted by molar-refractivity contribution is -0.384. The van der Waals surface area contributed by atoms with Crippen LogP contribution in [0, 0.1) is 35.3 Å². The van der Waals surface area contributed by atoms with Crippen LogP contribution in [0.5, 0.6) is 0 Å². The first-order valence-corrected chi connectivity index (χ1v) is 7.94. The number of hydrogen-bond acceptors (Lipinski definition) is 5. The molecular weight excluding hydrogens is 328 g/mol. The molecule has 128 valence electrons. The van der Waals surface area contributed by atoms with E-state index in [1.165, 1.54) is 12.1 Å². The first kappa shape index (κ1) is 17.1. The van der Waals surface area contributed by atoms with Crippen LogP contribution in [-0.2, 0) is 0 Å². The average molecular weight is 344 g/mol. The van der Waals surface area contributed by atoms with Gasteiger partial charge in [0.05, 0.1) is 10.6 Å². The van der Waals surface area contributed by atoms with Gasteiger partial charge in [0.2, 0.25) is 0 Å². The van der Waals surface area contributed by atoms with E-state index in [1.807, 2.05) is 32.0 Å².